The zero-order chi connectivity index (χ0) is 23.0. The Labute approximate surface area is 195 Å². The maximum atomic E-state index is 13.3. The monoisotopic (exact) mass is 479 g/mol. The van der Waals surface area contributed by atoms with Gasteiger partial charge in [-0.1, -0.05) is 29.5 Å². The molecule has 0 radical (unpaired) electrons. The van der Waals surface area contributed by atoms with Crippen LogP contribution in [0, 0.1) is 0 Å². The fraction of sp³-hybridized carbons (Fsp3) is 0.167. The van der Waals surface area contributed by atoms with Gasteiger partial charge in [-0.15, -0.1) is 0 Å². The molecule has 0 atom stereocenters. The maximum absolute atomic E-state index is 13.3. The van der Waals surface area contributed by atoms with Gasteiger partial charge in [-0.25, -0.2) is 13.4 Å². The van der Waals surface area contributed by atoms with Crippen molar-refractivity contribution < 1.29 is 17.9 Å². The molecule has 33 heavy (non-hydrogen) atoms. The second-order valence-electron chi connectivity index (χ2n) is 7.64. The van der Waals surface area contributed by atoms with Crippen LogP contribution in [0.2, 0.25) is 0 Å². The molecule has 1 aliphatic rings. The third kappa shape index (κ3) is 4.05. The summed E-state index contributed by atoms with van der Waals surface area (Å²) in [6, 6.07) is 19.1. The maximum Gasteiger partial charge on any atom is 0.264 e. The SMILES string of the molecule is COc1ccc2nc(NC(=O)c3ccc(S(=O)(=O)N4CCCc5ccccc54)cc3)sc2c1. The molecule has 1 aromatic heterocycles. The van der Waals surface area contributed by atoms with Crippen LogP contribution in [0.3, 0.4) is 0 Å². The molecular formula is C24H21N3O4S2. The molecule has 7 nitrogen and oxygen atoms in total. The molecule has 9 heteroatoms. The molecule has 0 unspecified atom stereocenters. The van der Waals surface area contributed by atoms with Crippen molar-refractivity contribution in [3.8, 4) is 5.75 Å². The first-order valence-electron chi connectivity index (χ1n) is 10.4. The number of hydrogen-bond acceptors (Lipinski definition) is 6. The van der Waals surface area contributed by atoms with E-state index in [1.807, 2.05) is 42.5 Å². The van der Waals surface area contributed by atoms with Gasteiger partial charge in [-0.2, -0.15) is 0 Å². The van der Waals surface area contributed by atoms with Gasteiger partial charge in [-0.3, -0.25) is 14.4 Å². The first-order valence-corrected chi connectivity index (χ1v) is 12.7. The van der Waals surface area contributed by atoms with Gasteiger partial charge < -0.3 is 4.74 Å². The van der Waals surface area contributed by atoms with E-state index in [2.05, 4.69) is 10.3 Å². The molecule has 168 valence electrons. The number of rotatable bonds is 5. The molecular weight excluding hydrogens is 458 g/mol. The third-order valence-electron chi connectivity index (χ3n) is 5.59. The summed E-state index contributed by atoms with van der Waals surface area (Å²) in [7, 11) is -2.13. The summed E-state index contributed by atoms with van der Waals surface area (Å²) in [5.74, 6) is 0.366. The zero-order valence-electron chi connectivity index (χ0n) is 17.8. The first kappa shape index (κ1) is 21.4. The molecule has 5 rings (SSSR count). The average Bonchev–Trinajstić information content (AvgIpc) is 3.25. The third-order valence-corrected chi connectivity index (χ3v) is 8.35. The highest BCUT2D eigenvalue weighted by Gasteiger charge is 2.29. The van der Waals surface area contributed by atoms with Crippen molar-refractivity contribution in [3.05, 3.63) is 77.9 Å². The van der Waals surface area contributed by atoms with E-state index in [-0.39, 0.29) is 10.8 Å². The number of carbonyl (C=O) groups excluding carboxylic acids is 1. The first-order chi connectivity index (χ1) is 16.0. The van der Waals surface area contributed by atoms with Crippen LogP contribution in [0.4, 0.5) is 10.8 Å². The molecule has 0 saturated heterocycles. The Bertz CT molecular complexity index is 1450. The van der Waals surface area contributed by atoms with Crippen LogP contribution >= 0.6 is 11.3 Å². The van der Waals surface area contributed by atoms with Crippen LogP contribution in [0.25, 0.3) is 10.2 Å². The van der Waals surface area contributed by atoms with E-state index in [0.717, 1.165) is 40.1 Å². The van der Waals surface area contributed by atoms with Gasteiger partial charge in [0.05, 0.1) is 27.9 Å². The van der Waals surface area contributed by atoms with Crippen LogP contribution < -0.4 is 14.4 Å². The van der Waals surface area contributed by atoms with Crippen molar-refractivity contribution >= 4 is 48.3 Å². The molecule has 3 aromatic carbocycles. The largest absolute Gasteiger partial charge is 0.497 e. The van der Waals surface area contributed by atoms with Gasteiger partial charge >= 0.3 is 0 Å². The van der Waals surface area contributed by atoms with E-state index in [1.54, 1.807) is 7.11 Å². The fourth-order valence-electron chi connectivity index (χ4n) is 3.91. The second kappa shape index (κ2) is 8.49. The van der Waals surface area contributed by atoms with Gasteiger partial charge in [0.15, 0.2) is 5.13 Å². The number of amides is 1. The quantitative estimate of drug-likeness (QED) is 0.448. The summed E-state index contributed by atoms with van der Waals surface area (Å²) in [6.07, 6.45) is 1.63. The number of sulfonamides is 1. The summed E-state index contributed by atoms with van der Waals surface area (Å²) < 4.78 is 34.1. The van der Waals surface area contributed by atoms with Crippen molar-refractivity contribution in [2.45, 2.75) is 17.7 Å². The highest BCUT2D eigenvalue weighted by Crippen LogP contribution is 2.32. The van der Waals surface area contributed by atoms with Crippen molar-refractivity contribution in [1.29, 1.82) is 0 Å². The Hall–Kier alpha value is -3.43. The summed E-state index contributed by atoms with van der Waals surface area (Å²) in [6.45, 7) is 0.435. The zero-order valence-corrected chi connectivity index (χ0v) is 19.4. The number of aryl methyl sites for hydroxylation is 1. The highest BCUT2D eigenvalue weighted by molar-refractivity contribution is 7.92. The number of carbonyl (C=O) groups is 1. The van der Waals surface area contributed by atoms with Gasteiger partial charge in [0, 0.05) is 12.1 Å². The summed E-state index contributed by atoms with van der Waals surface area (Å²) in [5, 5.41) is 3.25. The standard InChI is InChI=1S/C24H21N3O4S2/c1-31-18-10-13-20-22(15-18)32-24(25-20)26-23(28)17-8-11-19(12-9-17)33(29,30)27-14-4-6-16-5-2-3-7-21(16)27/h2-3,5,7-13,15H,4,6,14H2,1H3,(H,25,26,28). The van der Waals surface area contributed by atoms with Gasteiger partial charge in [0.25, 0.3) is 15.9 Å². The van der Waals surface area contributed by atoms with Crippen molar-refractivity contribution in [3.63, 3.8) is 0 Å². The Morgan fingerprint density at radius 1 is 1.09 bits per heavy atom. The molecule has 4 aromatic rings. The number of para-hydroxylation sites is 1. The summed E-state index contributed by atoms with van der Waals surface area (Å²) in [5.41, 5.74) is 2.86. The Balaban J connectivity index is 1.36. The lowest BCUT2D eigenvalue weighted by atomic mass is 10.0. The minimum absolute atomic E-state index is 0.155. The van der Waals surface area contributed by atoms with Crippen molar-refractivity contribution in [2.75, 3.05) is 23.3 Å². The Kier molecular flexibility index (Phi) is 5.51. The molecule has 1 aliphatic heterocycles. The molecule has 0 fully saturated rings. The minimum Gasteiger partial charge on any atom is -0.497 e. The van der Waals surface area contributed by atoms with E-state index in [4.69, 9.17) is 4.74 Å². The molecule has 2 heterocycles. The van der Waals surface area contributed by atoms with Crippen molar-refractivity contribution in [2.24, 2.45) is 0 Å². The lowest BCUT2D eigenvalue weighted by Crippen LogP contribution is -2.35. The van der Waals surface area contributed by atoms with Crippen LogP contribution in [-0.4, -0.2) is 33.0 Å². The highest BCUT2D eigenvalue weighted by atomic mass is 32.2. The Morgan fingerprint density at radius 2 is 1.88 bits per heavy atom. The number of hydrogen-bond donors (Lipinski definition) is 1. The van der Waals surface area contributed by atoms with Crippen LogP contribution in [0.15, 0.2) is 71.6 Å². The van der Waals surface area contributed by atoms with Crippen molar-refractivity contribution in [1.82, 2.24) is 4.98 Å². The van der Waals surface area contributed by atoms with E-state index in [0.29, 0.717) is 17.2 Å². The van der Waals surface area contributed by atoms with Crippen LogP contribution in [0.1, 0.15) is 22.3 Å². The van der Waals surface area contributed by atoms with E-state index in [1.165, 1.54) is 39.9 Å². The average molecular weight is 480 g/mol. The number of anilines is 2. The lowest BCUT2D eigenvalue weighted by Gasteiger charge is -2.30. The lowest BCUT2D eigenvalue weighted by molar-refractivity contribution is 0.102. The normalized spacial score (nSPS) is 13.5. The number of methoxy groups -OCH3 is 1. The van der Waals surface area contributed by atoms with Gasteiger partial charge in [0.1, 0.15) is 5.75 Å². The molecule has 0 bridgehead atoms. The number of aromatic nitrogens is 1. The molecule has 1 amide bonds. The fourth-order valence-corrected chi connectivity index (χ4v) is 6.34. The molecule has 0 spiro atoms. The number of nitrogens with one attached hydrogen (secondary N) is 1. The van der Waals surface area contributed by atoms with E-state index >= 15 is 0 Å². The number of benzene rings is 3. The number of nitrogens with zero attached hydrogens (tertiary/aromatic N) is 2. The topological polar surface area (TPSA) is 88.6 Å². The predicted octanol–water partition coefficient (Wildman–Crippen LogP) is 4.70. The molecule has 1 N–H and O–H groups in total. The smallest absolute Gasteiger partial charge is 0.264 e. The van der Waals surface area contributed by atoms with Crippen LogP contribution in [-0.2, 0) is 16.4 Å². The second-order valence-corrected chi connectivity index (χ2v) is 10.5. The minimum atomic E-state index is -3.72. The van der Waals surface area contributed by atoms with E-state index < -0.39 is 10.0 Å². The summed E-state index contributed by atoms with van der Waals surface area (Å²) in [4.78, 5) is 17.3. The number of ether oxygens (including phenoxy) is 1. The number of fused-ring (bicyclic) bond motifs is 2. The number of thiazole rings is 1. The van der Waals surface area contributed by atoms with Gasteiger partial charge in [0.2, 0.25) is 0 Å². The summed E-state index contributed by atoms with van der Waals surface area (Å²) >= 11 is 1.34. The van der Waals surface area contributed by atoms with Crippen LogP contribution in [0.5, 0.6) is 5.75 Å². The molecule has 0 saturated carbocycles. The Morgan fingerprint density at radius 3 is 2.67 bits per heavy atom. The van der Waals surface area contributed by atoms with E-state index in [9.17, 15) is 13.2 Å². The van der Waals surface area contributed by atoms with Gasteiger partial charge in [-0.05, 0) is 66.9 Å². The predicted molar refractivity (Wildman–Crippen MR) is 130 cm³/mol. The molecule has 0 aliphatic carbocycles.